The molecule has 0 aliphatic carbocycles. The third-order valence-corrected chi connectivity index (χ3v) is 4.03. The summed E-state index contributed by atoms with van der Waals surface area (Å²) in [5, 5.41) is 3.53. The van der Waals surface area contributed by atoms with E-state index in [-0.39, 0.29) is 0 Å². The van der Waals surface area contributed by atoms with Crippen molar-refractivity contribution < 1.29 is 0 Å². The van der Waals surface area contributed by atoms with Crippen LogP contribution in [-0.4, -0.2) is 49.1 Å². The predicted octanol–water partition coefficient (Wildman–Crippen LogP) is 2.32. The molecule has 2 rings (SSSR count). The maximum absolute atomic E-state index is 3.53. The van der Waals surface area contributed by atoms with Crippen LogP contribution in [0.5, 0.6) is 0 Å². The van der Waals surface area contributed by atoms with Crippen LogP contribution in [0, 0.1) is 0 Å². The molecular weight excluding hydrogens is 246 g/mol. The van der Waals surface area contributed by atoms with Crippen LogP contribution >= 0.6 is 0 Å². The van der Waals surface area contributed by atoms with Crippen LogP contribution in [0.4, 0.5) is 0 Å². The van der Waals surface area contributed by atoms with E-state index in [4.69, 9.17) is 0 Å². The molecule has 112 valence electrons. The molecule has 0 amide bonds. The third-order valence-electron chi connectivity index (χ3n) is 4.03. The Morgan fingerprint density at radius 1 is 1.05 bits per heavy atom. The van der Waals surface area contributed by atoms with Gasteiger partial charge in [-0.2, -0.15) is 0 Å². The number of nitrogens with one attached hydrogen (secondary N) is 1. The molecule has 1 aliphatic heterocycles. The van der Waals surface area contributed by atoms with Crippen molar-refractivity contribution in [3.8, 4) is 0 Å². The van der Waals surface area contributed by atoms with Crippen LogP contribution in [0.1, 0.15) is 31.4 Å². The van der Waals surface area contributed by atoms with Gasteiger partial charge in [0.25, 0.3) is 0 Å². The van der Waals surface area contributed by atoms with Gasteiger partial charge in [0.1, 0.15) is 0 Å². The Morgan fingerprint density at radius 3 is 2.55 bits per heavy atom. The van der Waals surface area contributed by atoms with Crippen LogP contribution in [0.3, 0.4) is 0 Å². The van der Waals surface area contributed by atoms with Gasteiger partial charge >= 0.3 is 0 Å². The van der Waals surface area contributed by atoms with Gasteiger partial charge in [-0.25, -0.2) is 0 Å². The molecule has 3 nitrogen and oxygen atoms in total. The standard InChI is InChI=1S/C17H29N3/c1-15(2)18-13-16-7-4-5-8-17(16)14-20-10-6-9-19(3)11-12-20/h4-5,7-8,15,18H,6,9-14H2,1-3H3. The largest absolute Gasteiger partial charge is 0.310 e. The highest BCUT2D eigenvalue weighted by molar-refractivity contribution is 5.27. The molecule has 1 aromatic carbocycles. The minimum absolute atomic E-state index is 0.537. The first-order valence-corrected chi connectivity index (χ1v) is 7.86. The fourth-order valence-electron chi connectivity index (χ4n) is 2.70. The molecule has 1 heterocycles. The highest BCUT2D eigenvalue weighted by Gasteiger charge is 2.13. The molecule has 0 spiro atoms. The number of likely N-dealkylation sites (N-methyl/N-ethyl adjacent to an activating group) is 1. The van der Waals surface area contributed by atoms with E-state index < -0.39 is 0 Å². The fourth-order valence-corrected chi connectivity index (χ4v) is 2.70. The molecule has 0 saturated carbocycles. The molecule has 1 aliphatic rings. The Labute approximate surface area is 124 Å². The van der Waals surface area contributed by atoms with Gasteiger partial charge in [-0.1, -0.05) is 38.1 Å². The Kier molecular flexibility index (Phi) is 6.02. The molecule has 1 fully saturated rings. The average molecular weight is 275 g/mol. The minimum Gasteiger partial charge on any atom is -0.310 e. The first kappa shape index (κ1) is 15.5. The van der Waals surface area contributed by atoms with Gasteiger partial charge in [0.05, 0.1) is 0 Å². The SMILES string of the molecule is CC(C)NCc1ccccc1CN1CCCN(C)CC1. The summed E-state index contributed by atoms with van der Waals surface area (Å²) in [4.78, 5) is 5.03. The van der Waals surface area contributed by atoms with E-state index in [1.807, 2.05) is 0 Å². The van der Waals surface area contributed by atoms with Gasteiger partial charge in [0.15, 0.2) is 0 Å². The maximum Gasteiger partial charge on any atom is 0.0237 e. The fraction of sp³-hybridized carbons (Fsp3) is 0.647. The minimum atomic E-state index is 0.537. The number of rotatable bonds is 5. The van der Waals surface area contributed by atoms with Crippen LogP contribution in [0.2, 0.25) is 0 Å². The first-order valence-electron chi connectivity index (χ1n) is 7.86. The lowest BCUT2D eigenvalue weighted by Crippen LogP contribution is -2.29. The quantitative estimate of drug-likeness (QED) is 0.890. The Morgan fingerprint density at radius 2 is 1.80 bits per heavy atom. The smallest absolute Gasteiger partial charge is 0.0237 e. The topological polar surface area (TPSA) is 18.5 Å². The van der Waals surface area contributed by atoms with Gasteiger partial charge in [-0.05, 0) is 37.7 Å². The van der Waals surface area contributed by atoms with Gasteiger partial charge < -0.3 is 10.2 Å². The lowest BCUT2D eigenvalue weighted by atomic mass is 10.1. The number of benzene rings is 1. The van der Waals surface area contributed by atoms with E-state index >= 15 is 0 Å². The van der Waals surface area contributed by atoms with E-state index in [1.165, 1.54) is 43.7 Å². The Hall–Kier alpha value is -0.900. The zero-order valence-electron chi connectivity index (χ0n) is 13.2. The summed E-state index contributed by atoms with van der Waals surface area (Å²) in [6.45, 7) is 11.3. The molecule has 0 atom stereocenters. The summed E-state index contributed by atoms with van der Waals surface area (Å²) >= 11 is 0. The van der Waals surface area contributed by atoms with Crippen molar-refractivity contribution in [2.45, 2.75) is 39.4 Å². The zero-order chi connectivity index (χ0) is 14.4. The third kappa shape index (κ3) is 4.89. The summed E-state index contributed by atoms with van der Waals surface area (Å²) in [6.07, 6.45) is 1.28. The monoisotopic (exact) mass is 275 g/mol. The highest BCUT2D eigenvalue weighted by Crippen LogP contribution is 2.13. The normalized spacial score (nSPS) is 18.4. The van der Waals surface area contributed by atoms with Gasteiger partial charge in [0.2, 0.25) is 0 Å². The van der Waals surface area contributed by atoms with Crippen molar-refractivity contribution in [1.82, 2.24) is 15.1 Å². The summed E-state index contributed by atoms with van der Waals surface area (Å²) < 4.78 is 0. The lowest BCUT2D eigenvalue weighted by molar-refractivity contribution is 0.268. The van der Waals surface area contributed by atoms with Crippen molar-refractivity contribution in [3.05, 3.63) is 35.4 Å². The second-order valence-electron chi connectivity index (χ2n) is 6.24. The summed E-state index contributed by atoms with van der Waals surface area (Å²) in [6, 6.07) is 9.39. The van der Waals surface area contributed by atoms with Crippen molar-refractivity contribution in [1.29, 1.82) is 0 Å². The van der Waals surface area contributed by atoms with Crippen LogP contribution < -0.4 is 5.32 Å². The summed E-state index contributed by atoms with van der Waals surface area (Å²) in [5.74, 6) is 0. The number of nitrogens with zero attached hydrogens (tertiary/aromatic N) is 2. The van der Waals surface area contributed by atoms with Crippen molar-refractivity contribution in [2.75, 3.05) is 33.2 Å². The molecule has 0 unspecified atom stereocenters. The van der Waals surface area contributed by atoms with Crippen molar-refractivity contribution in [3.63, 3.8) is 0 Å². The van der Waals surface area contributed by atoms with Crippen LogP contribution in [0.15, 0.2) is 24.3 Å². The molecule has 1 saturated heterocycles. The first-order chi connectivity index (χ1) is 9.65. The molecule has 20 heavy (non-hydrogen) atoms. The molecule has 3 heteroatoms. The van der Waals surface area contributed by atoms with Gasteiger partial charge in [-0.15, -0.1) is 0 Å². The van der Waals surface area contributed by atoms with E-state index in [2.05, 4.69) is 60.3 Å². The van der Waals surface area contributed by atoms with Crippen LogP contribution in [0.25, 0.3) is 0 Å². The number of hydrogen-bond donors (Lipinski definition) is 1. The number of hydrogen-bond acceptors (Lipinski definition) is 3. The molecule has 1 aromatic rings. The average Bonchev–Trinajstić information content (AvgIpc) is 2.63. The van der Waals surface area contributed by atoms with E-state index in [1.54, 1.807) is 0 Å². The maximum atomic E-state index is 3.53. The van der Waals surface area contributed by atoms with Crippen LogP contribution in [-0.2, 0) is 13.1 Å². The van der Waals surface area contributed by atoms with Gasteiger partial charge in [-0.3, -0.25) is 4.90 Å². The lowest BCUT2D eigenvalue weighted by Gasteiger charge is -2.22. The molecule has 1 N–H and O–H groups in total. The Balaban J connectivity index is 1.97. The van der Waals surface area contributed by atoms with Gasteiger partial charge in [0, 0.05) is 32.2 Å². The van der Waals surface area contributed by atoms with E-state index in [0.29, 0.717) is 6.04 Å². The van der Waals surface area contributed by atoms with E-state index in [9.17, 15) is 0 Å². The van der Waals surface area contributed by atoms with Crippen molar-refractivity contribution in [2.24, 2.45) is 0 Å². The zero-order valence-corrected chi connectivity index (χ0v) is 13.2. The molecule has 0 aromatic heterocycles. The predicted molar refractivity (Wildman–Crippen MR) is 85.8 cm³/mol. The highest BCUT2D eigenvalue weighted by atomic mass is 15.2. The molecule has 0 radical (unpaired) electrons. The Bertz CT molecular complexity index is 403. The van der Waals surface area contributed by atoms with E-state index in [0.717, 1.165) is 13.1 Å². The second kappa shape index (κ2) is 7.77. The van der Waals surface area contributed by atoms with Crippen molar-refractivity contribution >= 4 is 0 Å². The molecule has 0 bridgehead atoms. The summed E-state index contributed by atoms with van der Waals surface area (Å²) in [7, 11) is 2.23. The second-order valence-corrected chi connectivity index (χ2v) is 6.24. The molecular formula is C17H29N3. The summed E-state index contributed by atoms with van der Waals surface area (Å²) in [5.41, 5.74) is 2.92.